The van der Waals surface area contributed by atoms with Gasteiger partial charge >= 0.3 is 5.97 Å². The smallest absolute Gasteiger partial charge is 0.322 e. The van der Waals surface area contributed by atoms with Crippen molar-refractivity contribution in [2.45, 2.75) is 20.1 Å². The maximum atomic E-state index is 12.1. The van der Waals surface area contributed by atoms with Crippen LogP contribution in [0.1, 0.15) is 13.0 Å². The van der Waals surface area contributed by atoms with Gasteiger partial charge in [0.15, 0.2) is 0 Å². The highest BCUT2D eigenvalue weighted by Gasteiger charge is 2.21. The maximum absolute atomic E-state index is 12.1. The largest absolute Gasteiger partial charge is 0.480 e. The molecule has 4 N–H and O–H groups in total. The summed E-state index contributed by atoms with van der Waals surface area (Å²) in [5.74, 6) is -2.79. The van der Waals surface area contributed by atoms with Crippen molar-refractivity contribution in [3.63, 3.8) is 0 Å². The zero-order valence-electron chi connectivity index (χ0n) is 13.9. The van der Waals surface area contributed by atoms with Gasteiger partial charge in [-0.1, -0.05) is 60.3 Å². The van der Waals surface area contributed by atoms with Crippen molar-refractivity contribution in [3.05, 3.63) is 35.9 Å². The molecule has 0 saturated heterocycles. The number of hydrogen-bond acceptors (Lipinski definition) is 5. The lowest BCUT2D eigenvalue weighted by atomic mass is 10.2. The van der Waals surface area contributed by atoms with Gasteiger partial charge in [0.1, 0.15) is 12.6 Å². The molecule has 3 amide bonds. The Hall–Kier alpha value is -2.21. The molecular weight excluding hydrogens is 469 g/mol. The summed E-state index contributed by atoms with van der Waals surface area (Å²) in [7, 11) is 0. The quantitative estimate of drug-likeness (QED) is 0.255. The van der Waals surface area contributed by atoms with Crippen LogP contribution in [-0.2, 0) is 30.5 Å². The molecule has 1 unspecified atom stereocenters. The number of benzene rings is 1. The van der Waals surface area contributed by atoms with E-state index in [9.17, 15) is 19.2 Å². The van der Waals surface area contributed by atoms with Gasteiger partial charge in [0.25, 0.3) is 0 Å². The van der Waals surface area contributed by atoms with E-state index in [1.165, 1.54) is 0 Å². The second kappa shape index (κ2) is 13.9. The van der Waals surface area contributed by atoms with E-state index < -0.39 is 30.4 Å². The van der Waals surface area contributed by atoms with Gasteiger partial charge in [-0.2, -0.15) is 0 Å². The van der Waals surface area contributed by atoms with Crippen molar-refractivity contribution in [2.24, 2.45) is 0 Å². The molecule has 0 radical (unpaired) electrons. The number of carbonyl (C=O) groups excluding carboxylic acids is 3. The number of halogens is 1. The van der Waals surface area contributed by atoms with E-state index in [2.05, 4.69) is 16.0 Å². The van der Waals surface area contributed by atoms with Crippen LogP contribution in [0.15, 0.2) is 30.3 Å². The molecule has 0 saturated carbocycles. The number of hydrogen-bond donors (Lipinski definition) is 4. The lowest BCUT2D eigenvalue weighted by Crippen LogP contribution is -2.52. The molecule has 0 fully saturated rings. The summed E-state index contributed by atoms with van der Waals surface area (Å²) in [6, 6.07) is 8.15. The number of alkyl halides is 1. The third kappa shape index (κ3) is 11.2. The van der Waals surface area contributed by atoms with Crippen molar-refractivity contribution < 1.29 is 29.0 Å². The van der Waals surface area contributed by atoms with Crippen molar-refractivity contribution in [3.8, 4) is 0 Å². The summed E-state index contributed by atoms with van der Waals surface area (Å²) in [6.07, 6.45) is 0. The zero-order chi connectivity index (χ0) is 19.4. The second-order valence-electron chi connectivity index (χ2n) is 5.14. The van der Waals surface area contributed by atoms with Crippen LogP contribution in [0, 0.1) is 0 Å². The van der Waals surface area contributed by atoms with Crippen LogP contribution in [0.3, 0.4) is 0 Å². The Morgan fingerprint density at radius 3 is 2.30 bits per heavy atom. The molecule has 1 aromatic carbocycles. The van der Waals surface area contributed by atoms with E-state index in [1.54, 1.807) is 0 Å². The molecule has 0 aromatic heterocycles. The Balaban J connectivity index is 0.00000676. The van der Waals surface area contributed by atoms with Crippen LogP contribution in [0.5, 0.6) is 0 Å². The fourth-order valence-electron chi connectivity index (χ4n) is 1.81. The number of rotatable bonds is 11. The summed E-state index contributed by atoms with van der Waals surface area (Å²) in [6.45, 7) is -0.782. The monoisotopic (exact) mass is 493 g/mol. The second-order valence-corrected chi connectivity index (χ2v) is 5.91. The molecule has 0 spiro atoms. The van der Waals surface area contributed by atoms with Gasteiger partial charge in [0.05, 0.1) is 24.2 Å². The van der Waals surface area contributed by atoms with Crippen molar-refractivity contribution in [1.29, 1.82) is 0 Å². The molecule has 1 rings (SSSR count). The van der Waals surface area contributed by atoms with Gasteiger partial charge in [-0.05, 0) is 5.56 Å². The van der Waals surface area contributed by atoms with E-state index in [0.29, 0.717) is 0 Å². The topological polar surface area (TPSA) is 134 Å². The maximum Gasteiger partial charge on any atom is 0.322 e. The Kier molecular flexibility index (Phi) is 12.8. The summed E-state index contributed by atoms with van der Waals surface area (Å²) < 4.78 is 5.65. The highest BCUT2D eigenvalue weighted by Crippen LogP contribution is 2.01. The van der Waals surface area contributed by atoms with Gasteiger partial charge in [0, 0.05) is 0 Å². The zero-order valence-corrected chi connectivity index (χ0v) is 16.0. The standard InChI is InChI=1S/C16H20IN3O6.CH4/c17-6-13(21)18-7-14(22)20-12(16(25)19-8-15(23)24)10-26-9-11-4-2-1-3-5-11;/h1-5,12H,6-10H2,(H,18,21)(H,19,25)(H,20,22)(H,23,24);1H4. The van der Waals surface area contributed by atoms with E-state index >= 15 is 0 Å². The molecule has 0 aliphatic carbocycles. The summed E-state index contributed by atoms with van der Waals surface area (Å²) >= 11 is 1.85. The highest BCUT2D eigenvalue weighted by molar-refractivity contribution is 14.1. The third-order valence-electron chi connectivity index (χ3n) is 3.03. The first kappa shape index (κ1) is 24.8. The Morgan fingerprint density at radius 2 is 1.70 bits per heavy atom. The Labute approximate surface area is 171 Å². The summed E-state index contributed by atoms with van der Waals surface area (Å²) in [5.41, 5.74) is 0.887. The first-order chi connectivity index (χ1) is 12.4. The molecule has 150 valence electrons. The lowest BCUT2D eigenvalue weighted by molar-refractivity contribution is -0.138. The molecule has 0 bridgehead atoms. The van der Waals surface area contributed by atoms with Crippen molar-refractivity contribution >= 4 is 46.3 Å². The van der Waals surface area contributed by atoms with Crippen molar-refractivity contribution in [2.75, 3.05) is 24.1 Å². The Bertz CT molecular complexity index is 626. The van der Waals surface area contributed by atoms with E-state index in [-0.39, 0.29) is 37.5 Å². The first-order valence-electron chi connectivity index (χ1n) is 7.65. The highest BCUT2D eigenvalue weighted by atomic mass is 127. The SMILES string of the molecule is C.O=C(O)CNC(=O)C(COCc1ccccc1)NC(=O)CNC(=O)CI. The number of ether oxygens (including phenoxy) is 1. The molecule has 0 heterocycles. The number of carboxylic acid groups (broad SMARTS) is 1. The van der Waals surface area contributed by atoms with Crippen LogP contribution in [-0.4, -0.2) is 59.0 Å². The minimum atomic E-state index is -1.21. The molecule has 0 aliphatic heterocycles. The number of amides is 3. The summed E-state index contributed by atoms with van der Waals surface area (Å²) in [4.78, 5) is 45.7. The predicted octanol–water partition coefficient (Wildman–Crippen LogP) is 0.0761. The van der Waals surface area contributed by atoms with E-state index in [0.717, 1.165) is 5.56 Å². The lowest BCUT2D eigenvalue weighted by Gasteiger charge is -2.18. The molecule has 27 heavy (non-hydrogen) atoms. The van der Waals surface area contributed by atoms with E-state index in [4.69, 9.17) is 9.84 Å². The number of carbonyl (C=O) groups is 4. The van der Waals surface area contributed by atoms with Crippen LogP contribution >= 0.6 is 22.6 Å². The molecular formula is C17H24IN3O6. The van der Waals surface area contributed by atoms with Gasteiger partial charge in [-0.25, -0.2) is 0 Å². The number of nitrogens with one attached hydrogen (secondary N) is 3. The molecule has 0 aliphatic rings. The van der Waals surface area contributed by atoms with Crippen LogP contribution in [0.2, 0.25) is 0 Å². The first-order valence-corrected chi connectivity index (χ1v) is 9.18. The van der Waals surface area contributed by atoms with Crippen LogP contribution < -0.4 is 16.0 Å². The average molecular weight is 493 g/mol. The number of carboxylic acids is 1. The third-order valence-corrected chi connectivity index (χ3v) is 3.72. The molecule has 1 atom stereocenters. The molecule has 1 aromatic rings. The van der Waals surface area contributed by atoms with Gasteiger partial charge in [0.2, 0.25) is 17.7 Å². The summed E-state index contributed by atoms with van der Waals surface area (Å²) in [5, 5.41) is 15.6. The minimum absolute atomic E-state index is 0. The van der Waals surface area contributed by atoms with Crippen LogP contribution in [0.4, 0.5) is 0 Å². The average Bonchev–Trinajstić information content (AvgIpc) is 2.64. The Morgan fingerprint density at radius 1 is 1.04 bits per heavy atom. The fourth-order valence-corrected chi connectivity index (χ4v) is 2.08. The van der Waals surface area contributed by atoms with Gasteiger partial charge in [-0.15, -0.1) is 0 Å². The molecule has 9 nitrogen and oxygen atoms in total. The predicted molar refractivity (Wildman–Crippen MR) is 107 cm³/mol. The fraction of sp³-hybridized carbons (Fsp3) is 0.412. The van der Waals surface area contributed by atoms with Crippen molar-refractivity contribution in [1.82, 2.24) is 16.0 Å². The minimum Gasteiger partial charge on any atom is -0.480 e. The normalized spacial score (nSPS) is 10.9. The number of aliphatic carboxylic acids is 1. The van der Waals surface area contributed by atoms with E-state index in [1.807, 2.05) is 52.9 Å². The van der Waals surface area contributed by atoms with Gasteiger partial charge in [-0.3, -0.25) is 19.2 Å². The molecule has 10 heteroatoms. The van der Waals surface area contributed by atoms with Gasteiger partial charge < -0.3 is 25.8 Å². The van der Waals surface area contributed by atoms with Crippen LogP contribution in [0.25, 0.3) is 0 Å².